The minimum atomic E-state index is 1.18. The Kier molecular flexibility index (Phi) is 3.71. The van der Waals surface area contributed by atoms with Crippen LogP contribution in [0.4, 0.5) is 0 Å². The molecular formula is C12H13N. The van der Waals surface area contributed by atoms with Crippen molar-refractivity contribution in [3.63, 3.8) is 0 Å². The summed E-state index contributed by atoms with van der Waals surface area (Å²) in [5.41, 5.74) is 2.45. The molecule has 1 nitrogen and oxygen atoms in total. The second-order valence-electron chi connectivity index (χ2n) is 2.82. The van der Waals surface area contributed by atoms with Gasteiger partial charge in [-0.1, -0.05) is 48.1 Å². The lowest BCUT2D eigenvalue weighted by Crippen LogP contribution is -1.72. The van der Waals surface area contributed by atoms with Crippen LogP contribution in [-0.4, -0.2) is 6.21 Å². The normalized spacial score (nSPS) is 11.2. The average molecular weight is 171 g/mol. The number of rotatable bonds is 3. The molecule has 1 aromatic rings. The van der Waals surface area contributed by atoms with Gasteiger partial charge in [-0.25, -0.2) is 0 Å². The van der Waals surface area contributed by atoms with Gasteiger partial charge >= 0.3 is 0 Å². The SMILES string of the molecule is Cc1ccc(/C=C/C=C\C=N)cc1. The molecule has 0 saturated heterocycles. The van der Waals surface area contributed by atoms with Gasteiger partial charge in [0.15, 0.2) is 0 Å². The monoisotopic (exact) mass is 171 g/mol. The first-order valence-corrected chi connectivity index (χ1v) is 4.23. The van der Waals surface area contributed by atoms with E-state index >= 15 is 0 Å². The highest BCUT2D eigenvalue weighted by molar-refractivity contribution is 5.68. The third-order valence-corrected chi connectivity index (χ3v) is 1.68. The molecule has 0 aliphatic rings. The van der Waals surface area contributed by atoms with E-state index < -0.39 is 0 Å². The van der Waals surface area contributed by atoms with Crippen molar-refractivity contribution in [1.82, 2.24) is 0 Å². The summed E-state index contributed by atoms with van der Waals surface area (Å²) in [5, 5.41) is 6.77. The smallest absolute Gasteiger partial charge is 0.0177 e. The molecule has 0 spiro atoms. The van der Waals surface area contributed by atoms with Gasteiger partial charge in [-0.15, -0.1) is 0 Å². The van der Waals surface area contributed by atoms with Crippen LogP contribution in [0.15, 0.2) is 42.5 Å². The van der Waals surface area contributed by atoms with Crippen molar-refractivity contribution >= 4 is 12.3 Å². The predicted molar refractivity (Wildman–Crippen MR) is 58.1 cm³/mol. The van der Waals surface area contributed by atoms with Gasteiger partial charge in [-0.05, 0) is 18.6 Å². The van der Waals surface area contributed by atoms with Crippen LogP contribution in [0.25, 0.3) is 6.08 Å². The summed E-state index contributed by atoms with van der Waals surface area (Å²) in [6.45, 7) is 2.07. The van der Waals surface area contributed by atoms with Crippen molar-refractivity contribution in [1.29, 1.82) is 5.41 Å². The van der Waals surface area contributed by atoms with E-state index in [1.54, 1.807) is 6.08 Å². The molecule has 0 aromatic heterocycles. The van der Waals surface area contributed by atoms with Gasteiger partial charge in [0.1, 0.15) is 0 Å². The number of hydrogen-bond acceptors (Lipinski definition) is 1. The fourth-order valence-electron chi connectivity index (χ4n) is 0.964. The summed E-state index contributed by atoms with van der Waals surface area (Å²) in [4.78, 5) is 0. The van der Waals surface area contributed by atoms with Crippen LogP contribution in [0.3, 0.4) is 0 Å². The third-order valence-electron chi connectivity index (χ3n) is 1.68. The molecule has 0 saturated carbocycles. The summed E-state index contributed by atoms with van der Waals surface area (Å²) < 4.78 is 0. The van der Waals surface area contributed by atoms with Crippen LogP contribution in [-0.2, 0) is 0 Å². The number of hydrogen-bond donors (Lipinski definition) is 1. The van der Waals surface area contributed by atoms with Crippen LogP contribution in [0.2, 0.25) is 0 Å². The molecule has 1 rings (SSSR count). The van der Waals surface area contributed by atoms with Gasteiger partial charge in [0.2, 0.25) is 0 Å². The molecule has 0 aliphatic carbocycles. The van der Waals surface area contributed by atoms with E-state index in [1.165, 1.54) is 17.3 Å². The predicted octanol–water partition coefficient (Wildman–Crippen LogP) is 3.21. The van der Waals surface area contributed by atoms with E-state index in [9.17, 15) is 0 Å². The highest BCUT2D eigenvalue weighted by atomic mass is 14.3. The molecule has 0 atom stereocenters. The summed E-state index contributed by atoms with van der Waals surface area (Å²) >= 11 is 0. The zero-order valence-electron chi connectivity index (χ0n) is 7.70. The maximum absolute atomic E-state index is 6.77. The van der Waals surface area contributed by atoms with Crippen molar-refractivity contribution in [3.8, 4) is 0 Å². The van der Waals surface area contributed by atoms with Crippen LogP contribution in [0.5, 0.6) is 0 Å². The highest BCUT2D eigenvalue weighted by Crippen LogP contribution is 2.04. The first-order valence-electron chi connectivity index (χ1n) is 4.23. The molecule has 0 aliphatic heterocycles. The Labute approximate surface area is 78.9 Å². The maximum Gasteiger partial charge on any atom is 0.0177 e. The molecule has 66 valence electrons. The Balaban J connectivity index is 2.64. The topological polar surface area (TPSA) is 23.9 Å². The van der Waals surface area contributed by atoms with Gasteiger partial charge in [0.25, 0.3) is 0 Å². The first kappa shape index (κ1) is 9.46. The maximum atomic E-state index is 6.77. The average Bonchev–Trinajstić information content (AvgIpc) is 2.15. The van der Waals surface area contributed by atoms with Gasteiger partial charge in [-0.2, -0.15) is 0 Å². The third kappa shape index (κ3) is 3.52. The zero-order valence-corrected chi connectivity index (χ0v) is 7.70. The fraction of sp³-hybridized carbons (Fsp3) is 0.0833. The molecular weight excluding hydrogens is 158 g/mol. The second kappa shape index (κ2) is 5.09. The second-order valence-corrected chi connectivity index (χ2v) is 2.82. The van der Waals surface area contributed by atoms with E-state index in [4.69, 9.17) is 5.41 Å². The van der Waals surface area contributed by atoms with E-state index in [-0.39, 0.29) is 0 Å². The zero-order chi connectivity index (χ0) is 9.52. The lowest BCUT2D eigenvalue weighted by molar-refractivity contribution is 1.46. The van der Waals surface area contributed by atoms with Crippen molar-refractivity contribution < 1.29 is 0 Å². The molecule has 0 fully saturated rings. The highest BCUT2D eigenvalue weighted by Gasteiger charge is 1.83. The molecule has 0 bridgehead atoms. The minimum absolute atomic E-state index is 1.18. The molecule has 0 amide bonds. The van der Waals surface area contributed by atoms with Gasteiger partial charge in [-0.3, -0.25) is 0 Å². The Morgan fingerprint density at radius 2 is 1.69 bits per heavy atom. The molecule has 1 aromatic carbocycles. The summed E-state index contributed by atoms with van der Waals surface area (Å²) in [6.07, 6.45) is 8.73. The Hall–Kier alpha value is -1.63. The molecule has 1 heteroatoms. The lowest BCUT2D eigenvalue weighted by atomic mass is 10.1. The fourth-order valence-corrected chi connectivity index (χ4v) is 0.964. The van der Waals surface area contributed by atoms with Crippen molar-refractivity contribution in [2.45, 2.75) is 6.92 Å². The Morgan fingerprint density at radius 3 is 2.31 bits per heavy atom. The number of benzene rings is 1. The van der Waals surface area contributed by atoms with E-state index in [2.05, 4.69) is 31.2 Å². The molecule has 0 unspecified atom stereocenters. The Bertz CT molecular complexity index is 317. The van der Waals surface area contributed by atoms with Gasteiger partial charge in [0.05, 0.1) is 0 Å². The van der Waals surface area contributed by atoms with E-state index in [0.717, 1.165) is 0 Å². The Morgan fingerprint density at radius 1 is 1.00 bits per heavy atom. The van der Waals surface area contributed by atoms with Crippen molar-refractivity contribution in [2.24, 2.45) is 0 Å². The van der Waals surface area contributed by atoms with Gasteiger partial charge in [0, 0.05) is 6.21 Å². The van der Waals surface area contributed by atoms with Gasteiger partial charge < -0.3 is 5.41 Å². The number of aryl methyl sites for hydroxylation is 1. The number of nitrogens with one attached hydrogen (secondary N) is 1. The first-order chi connectivity index (χ1) is 6.33. The molecule has 1 N–H and O–H groups in total. The van der Waals surface area contributed by atoms with Crippen LogP contribution in [0.1, 0.15) is 11.1 Å². The lowest BCUT2D eigenvalue weighted by Gasteiger charge is -1.92. The van der Waals surface area contributed by atoms with Crippen molar-refractivity contribution in [3.05, 3.63) is 53.6 Å². The van der Waals surface area contributed by atoms with Crippen LogP contribution < -0.4 is 0 Å². The quantitative estimate of drug-likeness (QED) is 0.533. The van der Waals surface area contributed by atoms with Crippen LogP contribution >= 0.6 is 0 Å². The largest absolute Gasteiger partial charge is 0.309 e. The standard InChI is InChI=1S/C12H13N/c1-11-6-8-12(9-7-11)5-3-2-4-10-13/h2-10,13H,1H3/b4-2-,5-3+,13-10?. The molecule has 13 heavy (non-hydrogen) atoms. The van der Waals surface area contributed by atoms with Crippen molar-refractivity contribution in [2.75, 3.05) is 0 Å². The molecule has 0 radical (unpaired) electrons. The number of allylic oxidation sites excluding steroid dienone is 3. The van der Waals surface area contributed by atoms with E-state index in [0.29, 0.717) is 0 Å². The summed E-state index contributed by atoms with van der Waals surface area (Å²) in [7, 11) is 0. The summed E-state index contributed by atoms with van der Waals surface area (Å²) in [5.74, 6) is 0. The summed E-state index contributed by atoms with van der Waals surface area (Å²) in [6, 6.07) is 8.31. The van der Waals surface area contributed by atoms with Crippen LogP contribution in [0, 0.1) is 12.3 Å². The van der Waals surface area contributed by atoms with E-state index in [1.807, 2.05) is 18.2 Å². The minimum Gasteiger partial charge on any atom is -0.309 e. The molecule has 0 heterocycles.